The van der Waals surface area contributed by atoms with Crippen LogP contribution < -0.4 is 0 Å². The van der Waals surface area contributed by atoms with Crippen molar-refractivity contribution in [3.8, 4) is 0 Å². The molecule has 1 fully saturated rings. The Kier molecular flexibility index (Phi) is 2.16. The molecule has 0 aliphatic carbocycles. The highest BCUT2D eigenvalue weighted by molar-refractivity contribution is 8.01. The lowest BCUT2D eigenvalue weighted by atomic mass is 10.2. The summed E-state index contributed by atoms with van der Waals surface area (Å²) in [6.45, 7) is 0. The smallest absolute Gasteiger partial charge is 0.177 e. The van der Waals surface area contributed by atoms with E-state index in [0.29, 0.717) is 0 Å². The number of rotatable bonds is 0. The Hall–Kier alpha value is 0.270. The maximum atomic E-state index is 8.87. The SMILES string of the molecule is O[C]1SCCCC1O. The molecule has 0 spiro atoms. The molecule has 1 heterocycles. The molecule has 0 aromatic heterocycles. The van der Waals surface area contributed by atoms with Crippen LogP contribution >= 0.6 is 11.8 Å². The fourth-order valence-corrected chi connectivity index (χ4v) is 1.50. The van der Waals surface area contributed by atoms with E-state index in [-0.39, 0.29) is 5.44 Å². The van der Waals surface area contributed by atoms with Crippen LogP contribution in [0.4, 0.5) is 0 Å². The van der Waals surface area contributed by atoms with E-state index < -0.39 is 6.10 Å². The molecule has 0 aromatic rings. The maximum Gasteiger partial charge on any atom is 0.177 e. The molecule has 1 atom stereocenters. The van der Waals surface area contributed by atoms with E-state index in [1.165, 1.54) is 11.8 Å². The predicted octanol–water partition coefficient (Wildman–Crippen LogP) is 0.736. The molecule has 2 N–H and O–H groups in total. The van der Waals surface area contributed by atoms with E-state index in [1.54, 1.807) is 0 Å². The quantitative estimate of drug-likeness (QED) is 0.512. The van der Waals surface area contributed by atoms with Gasteiger partial charge in [0, 0.05) is 0 Å². The van der Waals surface area contributed by atoms with Gasteiger partial charge < -0.3 is 10.2 Å². The Labute approximate surface area is 52.9 Å². The standard InChI is InChI=1S/C5H9O2S/c6-4-2-1-3-8-5(4)7/h4,6-7H,1-3H2. The van der Waals surface area contributed by atoms with Crippen LogP contribution in [0.1, 0.15) is 12.8 Å². The fourth-order valence-electron chi connectivity index (χ4n) is 0.673. The van der Waals surface area contributed by atoms with E-state index in [9.17, 15) is 0 Å². The first-order valence-corrected chi connectivity index (χ1v) is 3.66. The molecule has 1 aliphatic heterocycles. The number of hydrogen-bond donors (Lipinski definition) is 2. The first-order valence-electron chi connectivity index (χ1n) is 2.67. The summed E-state index contributed by atoms with van der Waals surface area (Å²) in [5, 5.41) is 17.7. The van der Waals surface area contributed by atoms with Crippen molar-refractivity contribution >= 4 is 11.8 Å². The zero-order valence-corrected chi connectivity index (χ0v) is 5.32. The van der Waals surface area contributed by atoms with Gasteiger partial charge in [-0.05, 0) is 18.6 Å². The van der Waals surface area contributed by atoms with Crippen LogP contribution in [0, 0.1) is 5.44 Å². The first-order chi connectivity index (χ1) is 3.80. The average Bonchev–Trinajstić information content (AvgIpc) is 1.77. The summed E-state index contributed by atoms with van der Waals surface area (Å²) in [5.41, 5.74) is 0.191. The Morgan fingerprint density at radius 3 is 2.75 bits per heavy atom. The largest absolute Gasteiger partial charge is 0.389 e. The summed E-state index contributed by atoms with van der Waals surface area (Å²) in [6, 6.07) is 0. The summed E-state index contributed by atoms with van der Waals surface area (Å²) in [6.07, 6.45) is 1.17. The van der Waals surface area contributed by atoms with Gasteiger partial charge in [-0.1, -0.05) is 0 Å². The van der Waals surface area contributed by atoms with Gasteiger partial charge in [0.1, 0.15) is 0 Å². The van der Waals surface area contributed by atoms with Gasteiger partial charge in [0.15, 0.2) is 5.44 Å². The number of hydrogen-bond acceptors (Lipinski definition) is 3. The van der Waals surface area contributed by atoms with Crippen LogP contribution in [-0.4, -0.2) is 22.1 Å². The van der Waals surface area contributed by atoms with Crippen LogP contribution in [0.3, 0.4) is 0 Å². The van der Waals surface area contributed by atoms with Gasteiger partial charge in [-0.2, -0.15) is 0 Å². The van der Waals surface area contributed by atoms with Gasteiger partial charge >= 0.3 is 0 Å². The van der Waals surface area contributed by atoms with Crippen LogP contribution in [-0.2, 0) is 0 Å². The van der Waals surface area contributed by atoms with Crippen molar-refractivity contribution in [1.29, 1.82) is 0 Å². The minimum Gasteiger partial charge on any atom is -0.389 e. The van der Waals surface area contributed by atoms with E-state index in [2.05, 4.69) is 0 Å². The summed E-state index contributed by atoms with van der Waals surface area (Å²) < 4.78 is 0. The Morgan fingerprint density at radius 2 is 2.38 bits per heavy atom. The van der Waals surface area contributed by atoms with Crippen molar-refractivity contribution < 1.29 is 10.2 Å². The van der Waals surface area contributed by atoms with E-state index >= 15 is 0 Å². The molecule has 0 amide bonds. The van der Waals surface area contributed by atoms with Crippen LogP contribution in [0.2, 0.25) is 0 Å². The Balaban J connectivity index is 2.28. The third kappa shape index (κ3) is 1.37. The van der Waals surface area contributed by atoms with E-state index in [0.717, 1.165) is 18.6 Å². The minimum atomic E-state index is -0.561. The number of thioether (sulfide) groups is 1. The molecule has 1 aliphatic rings. The fraction of sp³-hybridized carbons (Fsp3) is 0.800. The lowest BCUT2D eigenvalue weighted by molar-refractivity contribution is 0.120. The molecular weight excluding hydrogens is 124 g/mol. The summed E-state index contributed by atoms with van der Waals surface area (Å²) >= 11 is 1.35. The lowest BCUT2D eigenvalue weighted by Gasteiger charge is -2.20. The summed E-state index contributed by atoms with van der Waals surface area (Å²) in [5.74, 6) is 0.947. The predicted molar refractivity (Wildman–Crippen MR) is 32.9 cm³/mol. The zero-order chi connectivity index (χ0) is 5.98. The Morgan fingerprint density at radius 1 is 1.62 bits per heavy atom. The van der Waals surface area contributed by atoms with Crippen LogP contribution in [0.5, 0.6) is 0 Å². The second-order valence-electron chi connectivity index (χ2n) is 1.84. The van der Waals surface area contributed by atoms with Crippen molar-refractivity contribution in [3.63, 3.8) is 0 Å². The molecule has 8 heavy (non-hydrogen) atoms. The summed E-state index contributed by atoms with van der Waals surface area (Å²) in [7, 11) is 0. The van der Waals surface area contributed by atoms with Crippen molar-refractivity contribution in [1.82, 2.24) is 0 Å². The minimum absolute atomic E-state index is 0.191. The number of aliphatic hydroxyl groups excluding tert-OH is 2. The number of aliphatic hydroxyl groups is 2. The monoisotopic (exact) mass is 133 g/mol. The normalized spacial score (nSPS) is 33.0. The molecule has 0 saturated carbocycles. The van der Waals surface area contributed by atoms with Gasteiger partial charge in [0.05, 0.1) is 6.10 Å². The molecule has 2 nitrogen and oxygen atoms in total. The maximum absolute atomic E-state index is 8.87. The highest BCUT2D eigenvalue weighted by Gasteiger charge is 2.21. The molecule has 1 saturated heterocycles. The van der Waals surface area contributed by atoms with Gasteiger partial charge in [-0.15, -0.1) is 11.8 Å². The van der Waals surface area contributed by atoms with Gasteiger partial charge in [-0.25, -0.2) is 0 Å². The lowest BCUT2D eigenvalue weighted by Crippen LogP contribution is -2.19. The molecule has 0 aromatic carbocycles. The molecule has 1 rings (SSSR count). The average molecular weight is 133 g/mol. The topological polar surface area (TPSA) is 40.5 Å². The second-order valence-corrected chi connectivity index (χ2v) is 2.96. The van der Waals surface area contributed by atoms with Crippen molar-refractivity contribution in [2.24, 2.45) is 0 Å². The van der Waals surface area contributed by atoms with Crippen molar-refractivity contribution in [2.75, 3.05) is 5.75 Å². The second kappa shape index (κ2) is 2.71. The highest BCUT2D eigenvalue weighted by atomic mass is 32.2. The van der Waals surface area contributed by atoms with Gasteiger partial charge in [0.25, 0.3) is 0 Å². The molecule has 0 bridgehead atoms. The molecule has 1 unspecified atom stereocenters. The van der Waals surface area contributed by atoms with E-state index in [1.807, 2.05) is 0 Å². The van der Waals surface area contributed by atoms with E-state index in [4.69, 9.17) is 10.2 Å². The van der Waals surface area contributed by atoms with Crippen molar-refractivity contribution in [2.45, 2.75) is 18.9 Å². The van der Waals surface area contributed by atoms with Crippen LogP contribution in [0.15, 0.2) is 0 Å². The molecule has 47 valence electrons. The van der Waals surface area contributed by atoms with Gasteiger partial charge in [0.2, 0.25) is 0 Å². The third-order valence-corrected chi connectivity index (χ3v) is 2.22. The molecule has 1 radical (unpaired) electrons. The molecular formula is C5H9O2S. The Bertz CT molecular complexity index is 66.8. The summed E-state index contributed by atoms with van der Waals surface area (Å²) in [4.78, 5) is 0. The van der Waals surface area contributed by atoms with Crippen LogP contribution in [0.25, 0.3) is 0 Å². The van der Waals surface area contributed by atoms with Gasteiger partial charge in [-0.3, -0.25) is 0 Å². The van der Waals surface area contributed by atoms with Crippen molar-refractivity contribution in [3.05, 3.63) is 5.44 Å². The first kappa shape index (κ1) is 6.39. The zero-order valence-electron chi connectivity index (χ0n) is 4.50. The highest BCUT2D eigenvalue weighted by Crippen LogP contribution is 2.28. The molecule has 3 heteroatoms. The third-order valence-electron chi connectivity index (χ3n) is 1.16.